The highest BCUT2D eigenvalue weighted by Gasteiger charge is 2.29. The molecule has 0 saturated heterocycles. The number of benzene rings is 3. The molecule has 1 amide bonds. The minimum atomic E-state index is -0.420. The monoisotopic (exact) mass is 423 g/mol. The van der Waals surface area contributed by atoms with Crippen molar-refractivity contribution < 1.29 is 4.79 Å². The Kier molecular flexibility index (Phi) is 6.26. The molecule has 5 heteroatoms. The Morgan fingerprint density at radius 3 is 1.91 bits per heavy atom. The van der Waals surface area contributed by atoms with E-state index in [-0.39, 0.29) is 17.2 Å². The van der Waals surface area contributed by atoms with Crippen molar-refractivity contribution in [1.29, 1.82) is 0 Å². The van der Waals surface area contributed by atoms with E-state index in [9.17, 15) is 9.59 Å². The van der Waals surface area contributed by atoms with Crippen LogP contribution in [0.4, 0.5) is 0 Å². The Labute approximate surface area is 187 Å². The second-order valence-corrected chi connectivity index (χ2v) is 7.95. The average Bonchev–Trinajstić information content (AvgIpc) is 2.85. The van der Waals surface area contributed by atoms with E-state index in [2.05, 4.69) is 41.6 Å². The van der Waals surface area contributed by atoms with Crippen molar-refractivity contribution in [2.75, 3.05) is 6.54 Å². The zero-order chi connectivity index (χ0) is 22.4. The van der Waals surface area contributed by atoms with Gasteiger partial charge in [0.15, 0.2) is 0 Å². The van der Waals surface area contributed by atoms with Crippen molar-refractivity contribution >= 4 is 5.91 Å². The van der Waals surface area contributed by atoms with E-state index in [1.54, 1.807) is 0 Å². The maximum atomic E-state index is 13.0. The molecule has 0 spiro atoms. The van der Waals surface area contributed by atoms with Gasteiger partial charge in [-0.15, -0.1) is 0 Å². The third kappa shape index (κ3) is 4.67. The van der Waals surface area contributed by atoms with E-state index in [1.807, 2.05) is 66.7 Å². The van der Waals surface area contributed by atoms with Crippen molar-refractivity contribution in [2.45, 2.75) is 18.9 Å². The van der Waals surface area contributed by atoms with Gasteiger partial charge < -0.3 is 5.32 Å². The number of nitrogens with one attached hydrogen (secondary N) is 1. The van der Waals surface area contributed by atoms with E-state index in [0.717, 1.165) is 16.7 Å². The minimum absolute atomic E-state index is 0.212. The molecule has 0 saturated carbocycles. The highest BCUT2D eigenvalue weighted by molar-refractivity contribution is 5.92. The van der Waals surface area contributed by atoms with Crippen LogP contribution in [-0.2, 0) is 12.0 Å². The number of rotatable bonds is 7. The maximum Gasteiger partial charge on any atom is 0.271 e. The number of hydrogen-bond donors (Lipinski definition) is 1. The van der Waals surface area contributed by atoms with Gasteiger partial charge in [-0.1, -0.05) is 91.0 Å². The zero-order valence-corrected chi connectivity index (χ0v) is 17.9. The number of nitrogens with zero attached hydrogens (tertiary/aromatic N) is 2. The van der Waals surface area contributed by atoms with Crippen LogP contribution in [-0.4, -0.2) is 22.2 Å². The molecule has 5 nitrogen and oxygen atoms in total. The number of amides is 1. The molecule has 0 aliphatic rings. The van der Waals surface area contributed by atoms with Crippen LogP contribution < -0.4 is 10.9 Å². The Morgan fingerprint density at radius 1 is 0.812 bits per heavy atom. The summed E-state index contributed by atoms with van der Waals surface area (Å²) >= 11 is 0. The number of hydrogen-bond acceptors (Lipinski definition) is 3. The van der Waals surface area contributed by atoms with Crippen molar-refractivity contribution in [3.05, 3.63) is 136 Å². The van der Waals surface area contributed by atoms with E-state index in [1.165, 1.54) is 16.8 Å². The predicted octanol–water partition coefficient (Wildman–Crippen LogP) is 4.03. The van der Waals surface area contributed by atoms with E-state index >= 15 is 0 Å². The lowest BCUT2D eigenvalue weighted by Crippen LogP contribution is -2.40. The first-order valence-corrected chi connectivity index (χ1v) is 10.6. The molecule has 0 unspecified atom stereocenters. The van der Waals surface area contributed by atoms with Gasteiger partial charge in [0.25, 0.3) is 11.5 Å². The van der Waals surface area contributed by atoms with Crippen molar-refractivity contribution in [3.8, 4) is 0 Å². The van der Waals surface area contributed by atoms with Crippen molar-refractivity contribution in [3.63, 3.8) is 0 Å². The summed E-state index contributed by atoms with van der Waals surface area (Å²) in [5.41, 5.74) is 2.70. The van der Waals surface area contributed by atoms with Crippen LogP contribution in [0.25, 0.3) is 0 Å². The summed E-state index contributed by atoms with van der Waals surface area (Å²) in [6, 6.07) is 32.7. The molecule has 0 aliphatic carbocycles. The zero-order valence-electron chi connectivity index (χ0n) is 17.9. The lowest BCUT2D eigenvalue weighted by molar-refractivity contribution is 0.0940. The Hall–Kier alpha value is -3.99. The fourth-order valence-corrected chi connectivity index (χ4v) is 3.77. The number of aromatic nitrogens is 2. The molecule has 1 N–H and O–H groups in total. The van der Waals surface area contributed by atoms with Crippen LogP contribution in [0.1, 0.15) is 34.1 Å². The molecular formula is C27H25N3O2. The van der Waals surface area contributed by atoms with Gasteiger partial charge in [0.2, 0.25) is 0 Å². The quantitative estimate of drug-likeness (QED) is 0.488. The topological polar surface area (TPSA) is 64.0 Å². The van der Waals surface area contributed by atoms with Crippen LogP contribution in [0.3, 0.4) is 0 Å². The molecule has 160 valence electrons. The lowest BCUT2D eigenvalue weighted by atomic mass is 9.76. The molecular weight excluding hydrogens is 398 g/mol. The Morgan fingerprint density at radius 2 is 1.34 bits per heavy atom. The number of carbonyl (C=O) groups excluding carboxylic acids is 1. The second-order valence-electron chi connectivity index (χ2n) is 7.95. The molecule has 0 aliphatic heterocycles. The van der Waals surface area contributed by atoms with Crippen LogP contribution in [0.5, 0.6) is 0 Å². The molecule has 1 heterocycles. The van der Waals surface area contributed by atoms with E-state index in [0.29, 0.717) is 13.1 Å². The molecule has 1 aromatic heterocycles. The summed E-state index contributed by atoms with van der Waals surface area (Å²) in [5.74, 6) is -0.315. The number of carbonyl (C=O) groups is 1. The summed E-state index contributed by atoms with van der Waals surface area (Å²) in [6.07, 6.45) is 0. The normalized spacial score (nSPS) is 11.2. The SMILES string of the molecule is CC(CNC(=O)c1ccc(=O)n(Cc2ccccc2)n1)(c1ccccc1)c1ccccc1. The Bertz CT molecular complexity index is 1200. The molecule has 0 bridgehead atoms. The summed E-state index contributed by atoms with van der Waals surface area (Å²) in [7, 11) is 0. The van der Waals surface area contributed by atoms with Gasteiger partial charge in [0.1, 0.15) is 5.69 Å². The Balaban J connectivity index is 1.56. The van der Waals surface area contributed by atoms with Crippen LogP contribution in [0.15, 0.2) is 108 Å². The van der Waals surface area contributed by atoms with E-state index < -0.39 is 5.41 Å². The van der Waals surface area contributed by atoms with E-state index in [4.69, 9.17) is 0 Å². The second kappa shape index (κ2) is 9.43. The molecule has 4 aromatic rings. The molecule has 4 rings (SSSR count). The van der Waals surface area contributed by atoms with Gasteiger partial charge in [-0.3, -0.25) is 9.59 Å². The van der Waals surface area contributed by atoms with Gasteiger partial charge in [-0.2, -0.15) is 5.10 Å². The third-order valence-electron chi connectivity index (χ3n) is 5.70. The first-order chi connectivity index (χ1) is 15.6. The fraction of sp³-hybridized carbons (Fsp3) is 0.148. The van der Waals surface area contributed by atoms with Crippen LogP contribution in [0, 0.1) is 0 Å². The summed E-state index contributed by atoms with van der Waals surface area (Å²) in [5, 5.41) is 7.34. The highest BCUT2D eigenvalue weighted by Crippen LogP contribution is 2.31. The molecule has 3 aromatic carbocycles. The van der Waals surface area contributed by atoms with Crippen molar-refractivity contribution in [1.82, 2.24) is 15.1 Å². The predicted molar refractivity (Wildman–Crippen MR) is 126 cm³/mol. The summed E-state index contributed by atoms with van der Waals surface area (Å²) in [6.45, 7) is 2.81. The molecule has 0 atom stereocenters. The highest BCUT2D eigenvalue weighted by atomic mass is 16.2. The molecule has 0 radical (unpaired) electrons. The molecule has 32 heavy (non-hydrogen) atoms. The van der Waals surface area contributed by atoms with Crippen LogP contribution in [0.2, 0.25) is 0 Å². The lowest BCUT2D eigenvalue weighted by Gasteiger charge is -2.31. The first kappa shape index (κ1) is 21.2. The van der Waals surface area contributed by atoms with Crippen LogP contribution >= 0.6 is 0 Å². The van der Waals surface area contributed by atoms with Crippen molar-refractivity contribution in [2.24, 2.45) is 0 Å². The van der Waals surface area contributed by atoms with Gasteiger partial charge in [-0.05, 0) is 29.7 Å². The minimum Gasteiger partial charge on any atom is -0.349 e. The summed E-state index contributed by atoms with van der Waals surface area (Å²) in [4.78, 5) is 25.2. The molecule has 0 fully saturated rings. The van der Waals surface area contributed by atoms with Gasteiger partial charge in [0.05, 0.1) is 6.54 Å². The third-order valence-corrected chi connectivity index (χ3v) is 5.70. The largest absolute Gasteiger partial charge is 0.349 e. The van der Waals surface area contributed by atoms with Gasteiger partial charge in [-0.25, -0.2) is 4.68 Å². The maximum absolute atomic E-state index is 13.0. The van der Waals surface area contributed by atoms with Gasteiger partial charge >= 0.3 is 0 Å². The fourth-order valence-electron chi connectivity index (χ4n) is 3.77. The summed E-state index contributed by atoms with van der Waals surface area (Å²) < 4.78 is 1.32. The average molecular weight is 424 g/mol. The smallest absolute Gasteiger partial charge is 0.271 e. The van der Waals surface area contributed by atoms with Gasteiger partial charge in [0, 0.05) is 18.0 Å². The first-order valence-electron chi connectivity index (χ1n) is 10.6. The standard InChI is InChI=1S/C27H25N3O2/c1-27(22-13-7-3-8-14-22,23-15-9-4-10-16-23)20-28-26(32)24-17-18-25(31)30(29-24)19-21-11-5-2-6-12-21/h2-18H,19-20H2,1H3,(H,28,32).